The maximum atomic E-state index is 13.0. The van der Waals surface area contributed by atoms with Gasteiger partial charge in [-0.05, 0) is 36.4 Å². The number of pyridine rings is 1. The summed E-state index contributed by atoms with van der Waals surface area (Å²) in [5.74, 6) is 0.806. The highest BCUT2D eigenvalue weighted by atomic mass is 16.5. The fourth-order valence-corrected chi connectivity index (χ4v) is 2.31. The molecule has 5 heteroatoms. The van der Waals surface area contributed by atoms with Crippen LogP contribution in [0.5, 0.6) is 5.88 Å². The largest absolute Gasteiger partial charge is 0.480 e. The molecule has 2 aromatic heterocycles. The number of hydrogen-bond donors (Lipinski definition) is 0. The fourth-order valence-electron chi connectivity index (χ4n) is 2.31. The molecule has 0 saturated carbocycles. The maximum Gasteiger partial charge on any atom is 0.264 e. The predicted molar refractivity (Wildman–Crippen MR) is 86.5 cm³/mol. The number of methoxy groups -OCH3 is 1. The van der Waals surface area contributed by atoms with Gasteiger partial charge in [-0.25, -0.2) is 4.98 Å². The normalized spacial score (nSPS) is 10.3. The zero-order valence-corrected chi connectivity index (χ0v) is 12.7. The molecular weight excluding hydrogens is 292 g/mol. The molecule has 0 spiro atoms. The Balaban J connectivity index is 1.99. The number of hydrogen-bond acceptors (Lipinski definition) is 4. The van der Waals surface area contributed by atoms with Crippen LogP contribution in [0.15, 0.2) is 71.5 Å². The van der Waals surface area contributed by atoms with Crippen LogP contribution in [0.4, 0.5) is 5.69 Å². The predicted octanol–water partition coefficient (Wildman–Crippen LogP) is 3.53. The third-order valence-electron chi connectivity index (χ3n) is 3.40. The van der Waals surface area contributed by atoms with Gasteiger partial charge in [0, 0.05) is 11.9 Å². The molecule has 3 aromatic rings. The lowest BCUT2D eigenvalue weighted by atomic mass is 10.2. The molecule has 0 aliphatic heterocycles. The van der Waals surface area contributed by atoms with Crippen LogP contribution in [-0.2, 0) is 6.54 Å². The average Bonchev–Trinajstić information content (AvgIpc) is 3.13. The first-order chi connectivity index (χ1) is 11.3. The van der Waals surface area contributed by atoms with Crippen LogP contribution < -0.4 is 9.64 Å². The van der Waals surface area contributed by atoms with E-state index in [1.807, 2.05) is 36.4 Å². The van der Waals surface area contributed by atoms with Gasteiger partial charge in [-0.1, -0.05) is 18.2 Å². The zero-order valence-electron chi connectivity index (χ0n) is 12.7. The number of anilines is 1. The van der Waals surface area contributed by atoms with E-state index in [0.29, 0.717) is 23.7 Å². The molecule has 0 unspecified atom stereocenters. The van der Waals surface area contributed by atoms with Crippen LogP contribution in [-0.4, -0.2) is 18.0 Å². The number of aromatic nitrogens is 1. The van der Waals surface area contributed by atoms with Crippen LogP contribution in [0.1, 0.15) is 16.1 Å². The topological polar surface area (TPSA) is 55.6 Å². The Morgan fingerprint density at radius 1 is 1.13 bits per heavy atom. The summed E-state index contributed by atoms with van der Waals surface area (Å²) in [4.78, 5) is 18.8. The summed E-state index contributed by atoms with van der Waals surface area (Å²) in [6, 6.07) is 16.5. The molecule has 5 nitrogen and oxygen atoms in total. The monoisotopic (exact) mass is 308 g/mol. The number of amides is 1. The Labute approximate surface area is 134 Å². The number of para-hydroxylation sites is 1. The van der Waals surface area contributed by atoms with E-state index in [-0.39, 0.29) is 5.91 Å². The summed E-state index contributed by atoms with van der Waals surface area (Å²) in [5.41, 5.74) is 1.19. The lowest BCUT2D eigenvalue weighted by Gasteiger charge is -2.22. The summed E-state index contributed by atoms with van der Waals surface area (Å²) in [7, 11) is 1.50. The van der Waals surface area contributed by atoms with Crippen molar-refractivity contribution < 1.29 is 13.9 Å². The molecule has 2 heterocycles. The number of nitrogens with zero attached hydrogens (tertiary/aromatic N) is 2. The van der Waals surface area contributed by atoms with E-state index < -0.39 is 0 Å². The van der Waals surface area contributed by atoms with Gasteiger partial charge >= 0.3 is 0 Å². The molecule has 0 fully saturated rings. The number of ether oxygens (including phenoxy) is 1. The van der Waals surface area contributed by atoms with E-state index >= 15 is 0 Å². The Morgan fingerprint density at radius 2 is 1.96 bits per heavy atom. The molecule has 1 amide bonds. The molecule has 1 aromatic carbocycles. The van der Waals surface area contributed by atoms with Gasteiger partial charge in [0.25, 0.3) is 5.91 Å². The highest BCUT2D eigenvalue weighted by Gasteiger charge is 2.22. The Kier molecular flexibility index (Phi) is 4.38. The van der Waals surface area contributed by atoms with Crippen molar-refractivity contribution >= 4 is 11.6 Å². The Hall–Kier alpha value is -3.08. The fraction of sp³-hybridized carbons (Fsp3) is 0.111. The Bertz CT molecular complexity index is 770. The second kappa shape index (κ2) is 6.79. The van der Waals surface area contributed by atoms with Gasteiger partial charge in [0.15, 0.2) is 0 Å². The summed E-state index contributed by atoms with van der Waals surface area (Å²) in [6.45, 7) is 0.327. The van der Waals surface area contributed by atoms with E-state index in [1.165, 1.54) is 7.11 Å². The van der Waals surface area contributed by atoms with Gasteiger partial charge in [-0.3, -0.25) is 4.79 Å². The first-order valence-corrected chi connectivity index (χ1v) is 7.18. The standard InChI is InChI=1S/C18H16N2O3/c1-22-17-16(10-5-11-19-17)18(21)20(13-15-9-6-12-23-15)14-7-3-2-4-8-14/h2-12H,13H2,1H3. The zero-order chi connectivity index (χ0) is 16.1. The molecular formula is C18H16N2O3. The molecule has 116 valence electrons. The van der Waals surface area contributed by atoms with Crippen molar-refractivity contribution in [3.63, 3.8) is 0 Å². The van der Waals surface area contributed by atoms with Crippen molar-refractivity contribution in [1.82, 2.24) is 4.98 Å². The first kappa shape index (κ1) is 14.8. The maximum absolute atomic E-state index is 13.0. The molecule has 0 saturated heterocycles. The van der Waals surface area contributed by atoms with Crippen LogP contribution in [0.3, 0.4) is 0 Å². The van der Waals surface area contributed by atoms with Crippen molar-refractivity contribution in [2.24, 2.45) is 0 Å². The first-order valence-electron chi connectivity index (χ1n) is 7.18. The van der Waals surface area contributed by atoms with Gasteiger partial charge in [0.2, 0.25) is 5.88 Å². The third-order valence-corrected chi connectivity index (χ3v) is 3.40. The number of carbonyl (C=O) groups is 1. The number of benzene rings is 1. The van der Waals surface area contributed by atoms with Gasteiger partial charge in [-0.2, -0.15) is 0 Å². The van der Waals surface area contributed by atoms with Crippen LogP contribution in [0.2, 0.25) is 0 Å². The van der Waals surface area contributed by atoms with Crippen molar-refractivity contribution in [3.05, 3.63) is 78.4 Å². The van der Waals surface area contributed by atoms with Gasteiger partial charge < -0.3 is 14.1 Å². The Morgan fingerprint density at radius 3 is 2.65 bits per heavy atom. The van der Waals surface area contributed by atoms with Crippen molar-refractivity contribution in [2.75, 3.05) is 12.0 Å². The smallest absolute Gasteiger partial charge is 0.264 e. The molecule has 0 aliphatic rings. The van der Waals surface area contributed by atoms with Gasteiger partial charge in [-0.15, -0.1) is 0 Å². The number of carbonyl (C=O) groups excluding carboxylic acids is 1. The lowest BCUT2D eigenvalue weighted by molar-refractivity contribution is 0.0979. The van der Waals surface area contributed by atoms with Gasteiger partial charge in [0.1, 0.15) is 11.3 Å². The molecule has 0 atom stereocenters. The van der Waals surface area contributed by atoms with Crippen LogP contribution in [0, 0.1) is 0 Å². The van der Waals surface area contributed by atoms with Crippen molar-refractivity contribution in [1.29, 1.82) is 0 Å². The highest BCUT2D eigenvalue weighted by Crippen LogP contribution is 2.23. The van der Waals surface area contributed by atoms with E-state index in [4.69, 9.17) is 9.15 Å². The molecule has 0 radical (unpaired) electrons. The van der Waals surface area contributed by atoms with E-state index in [1.54, 1.807) is 35.6 Å². The van der Waals surface area contributed by atoms with Crippen molar-refractivity contribution in [3.8, 4) is 5.88 Å². The van der Waals surface area contributed by atoms with Crippen molar-refractivity contribution in [2.45, 2.75) is 6.54 Å². The SMILES string of the molecule is COc1ncccc1C(=O)N(Cc1ccco1)c1ccccc1. The second-order valence-corrected chi connectivity index (χ2v) is 4.87. The minimum atomic E-state index is -0.197. The molecule has 0 N–H and O–H groups in total. The van der Waals surface area contributed by atoms with E-state index in [2.05, 4.69) is 4.98 Å². The van der Waals surface area contributed by atoms with Crippen LogP contribution in [0.25, 0.3) is 0 Å². The minimum absolute atomic E-state index is 0.197. The summed E-state index contributed by atoms with van der Waals surface area (Å²) < 4.78 is 10.6. The number of rotatable bonds is 5. The quantitative estimate of drug-likeness (QED) is 0.723. The van der Waals surface area contributed by atoms with Crippen LogP contribution >= 0.6 is 0 Å². The number of furan rings is 1. The van der Waals surface area contributed by atoms with E-state index in [9.17, 15) is 4.79 Å². The average molecular weight is 308 g/mol. The molecule has 0 bridgehead atoms. The van der Waals surface area contributed by atoms with E-state index in [0.717, 1.165) is 5.69 Å². The third kappa shape index (κ3) is 3.23. The molecule has 0 aliphatic carbocycles. The highest BCUT2D eigenvalue weighted by molar-refractivity contribution is 6.07. The van der Waals surface area contributed by atoms with Gasteiger partial charge in [0.05, 0.1) is 19.9 Å². The summed E-state index contributed by atoms with van der Waals surface area (Å²) in [5, 5.41) is 0. The summed E-state index contributed by atoms with van der Waals surface area (Å²) >= 11 is 0. The second-order valence-electron chi connectivity index (χ2n) is 4.87. The molecule has 3 rings (SSSR count). The lowest BCUT2D eigenvalue weighted by Crippen LogP contribution is -2.30. The molecule has 23 heavy (non-hydrogen) atoms. The summed E-state index contributed by atoms with van der Waals surface area (Å²) in [6.07, 6.45) is 3.18. The minimum Gasteiger partial charge on any atom is -0.480 e.